The van der Waals surface area contributed by atoms with E-state index in [1.54, 1.807) is 25.1 Å². The number of nitrogens with one attached hydrogen (secondary N) is 2. The van der Waals surface area contributed by atoms with Crippen molar-refractivity contribution in [2.45, 2.75) is 25.7 Å². The SMILES string of the molecule is CCNC(=NCc1ccc(F)cc1C(F)(F)F)NCC(O)c1cc(OC)ccc1OC.I. The van der Waals surface area contributed by atoms with Crippen LogP contribution in [0.4, 0.5) is 17.6 Å². The number of halogens is 5. The highest BCUT2D eigenvalue weighted by molar-refractivity contribution is 14.0. The summed E-state index contributed by atoms with van der Waals surface area (Å²) in [5.41, 5.74) is -0.766. The Labute approximate surface area is 201 Å². The minimum absolute atomic E-state index is 0. The standard InChI is InChI=1S/C21H25F4N3O3.HI/c1-4-26-20(27-11-13-5-6-14(22)9-17(13)21(23,24)25)28-12-18(29)16-10-15(30-2)7-8-19(16)31-3;/h5-10,18,29H,4,11-12H2,1-3H3,(H2,26,27,28);1H. The van der Waals surface area contributed by atoms with Crippen molar-refractivity contribution in [2.24, 2.45) is 4.99 Å². The van der Waals surface area contributed by atoms with Crippen LogP contribution in [0.15, 0.2) is 41.4 Å². The summed E-state index contributed by atoms with van der Waals surface area (Å²) in [6, 6.07) is 7.44. The minimum atomic E-state index is -4.70. The van der Waals surface area contributed by atoms with Gasteiger partial charge in [0.1, 0.15) is 17.3 Å². The monoisotopic (exact) mass is 571 g/mol. The summed E-state index contributed by atoms with van der Waals surface area (Å²) in [5.74, 6) is 0.214. The van der Waals surface area contributed by atoms with E-state index >= 15 is 0 Å². The lowest BCUT2D eigenvalue weighted by Crippen LogP contribution is -2.39. The molecule has 0 aliphatic rings. The van der Waals surface area contributed by atoms with E-state index in [0.717, 1.165) is 12.1 Å². The number of aliphatic hydroxyl groups is 1. The van der Waals surface area contributed by atoms with E-state index in [0.29, 0.717) is 29.7 Å². The molecule has 0 heterocycles. The maximum Gasteiger partial charge on any atom is 0.416 e. The second-order valence-corrected chi connectivity index (χ2v) is 6.50. The zero-order valence-electron chi connectivity index (χ0n) is 17.8. The highest BCUT2D eigenvalue weighted by Gasteiger charge is 2.33. The van der Waals surface area contributed by atoms with Crippen molar-refractivity contribution in [3.05, 3.63) is 58.9 Å². The molecule has 0 aliphatic carbocycles. The van der Waals surface area contributed by atoms with Gasteiger partial charge in [0.25, 0.3) is 0 Å². The van der Waals surface area contributed by atoms with Crippen LogP contribution in [0.2, 0.25) is 0 Å². The molecule has 2 aromatic carbocycles. The third kappa shape index (κ3) is 7.69. The fourth-order valence-corrected chi connectivity index (χ4v) is 2.86. The minimum Gasteiger partial charge on any atom is -0.497 e. The Bertz CT molecular complexity index is 910. The van der Waals surface area contributed by atoms with Crippen molar-refractivity contribution in [3.63, 3.8) is 0 Å². The zero-order chi connectivity index (χ0) is 23.0. The Morgan fingerprint density at radius 2 is 1.81 bits per heavy atom. The molecule has 0 aliphatic heterocycles. The van der Waals surface area contributed by atoms with Crippen LogP contribution >= 0.6 is 24.0 Å². The zero-order valence-corrected chi connectivity index (χ0v) is 20.1. The topological polar surface area (TPSA) is 75.1 Å². The number of benzene rings is 2. The van der Waals surface area contributed by atoms with Gasteiger partial charge in [-0.3, -0.25) is 0 Å². The molecule has 32 heavy (non-hydrogen) atoms. The molecule has 0 saturated carbocycles. The summed E-state index contributed by atoms with van der Waals surface area (Å²) in [4.78, 5) is 4.13. The number of hydrogen-bond donors (Lipinski definition) is 3. The van der Waals surface area contributed by atoms with Crippen LogP contribution in [0, 0.1) is 5.82 Å². The van der Waals surface area contributed by atoms with Gasteiger partial charge in [0.2, 0.25) is 0 Å². The largest absolute Gasteiger partial charge is 0.497 e. The molecule has 0 amide bonds. The Hall–Kier alpha value is -2.28. The van der Waals surface area contributed by atoms with E-state index in [9.17, 15) is 22.7 Å². The van der Waals surface area contributed by atoms with Crippen molar-refractivity contribution in [1.82, 2.24) is 10.6 Å². The molecule has 0 spiro atoms. The van der Waals surface area contributed by atoms with Crippen molar-refractivity contribution in [1.29, 1.82) is 0 Å². The van der Waals surface area contributed by atoms with Gasteiger partial charge in [0.15, 0.2) is 5.96 Å². The first kappa shape index (κ1) is 27.8. The summed E-state index contributed by atoms with van der Waals surface area (Å²) < 4.78 is 63.2. The molecule has 2 rings (SSSR count). The Kier molecular flexibility index (Phi) is 11.0. The first-order chi connectivity index (χ1) is 14.7. The number of methoxy groups -OCH3 is 2. The number of alkyl halides is 3. The lowest BCUT2D eigenvalue weighted by atomic mass is 10.1. The van der Waals surface area contributed by atoms with Crippen molar-refractivity contribution < 1.29 is 32.1 Å². The van der Waals surface area contributed by atoms with Gasteiger partial charge < -0.3 is 25.2 Å². The normalized spacial score (nSPS) is 12.6. The number of hydrogen-bond acceptors (Lipinski definition) is 4. The van der Waals surface area contributed by atoms with Gasteiger partial charge >= 0.3 is 6.18 Å². The predicted molar refractivity (Wildman–Crippen MR) is 124 cm³/mol. The molecule has 11 heteroatoms. The van der Waals surface area contributed by atoms with Gasteiger partial charge in [-0.25, -0.2) is 9.38 Å². The Morgan fingerprint density at radius 3 is 2.41 bits per heavy atom. The first-order valence-electron chi connectivity index (χ1n) is 9.47. The quantitative estimate of drug-likeness (QED) is 0.191. The lowest BCUT2D eigenvalue weighted by molar-refractivity contribution is -0.138. The molecule has 3 N–H and O–H groups in total. The van der Waals surface area contributed by atoms with E-state index in [1.807, 2.05) is 0 Å². The van der Waals surface area contributed by atoms with E-state index in [-0.39, 0.29) is 48.6 Å². The van der Waals surface area contributed by atoms with Gasteiger partial charge in [-0.05, 0) is 42.8 Å². The van der Waals surface area contributed by atoms with Crippen molar-refractivity contribution >= 4 is 29.9 Å². The highest BCUT2D eigenvalue weighted by atomic mass is 127. The third-order valence-electron chi connectivity index (χ3n) is 4.39. The Morgan fingerprint density at radius 1 is 1.09 bits per heavy atom. The average molecular weight is 571 g/mol. The molecule has 178 valence electrons. The van der Waals surface area contributed by atoms with E-state index in [1.165, 1.54) is 14.2 Å². The van der Waals surface area contributed by atoms with Crippen molar-refractivity contribution in [2.75, 3.05) is 27.3 Å². The van der Waals surface area contributed by atoms with E-state index in [2.05, 4.69) is 15.6 Å². The molecule has 0 radical (unpaired) electrons. The fraction of sp³-hybridized carbons (Fsp3) is 0.381. The molecule has 2 aromatic rings. The summed E-state index contributed by atoms with van der Waals surface area (Å²) in [6.07, 6.45) is -5.71. The number of ether oxygens (including phenoxy) is 2. The molecule has 0 saturated heterocycles. The Balaban J connectivity index is 0.00000512. The van der Waals surface area contributed by atoms with E-state index < -0.39 is 23.7 Å². The second kappa shape index (κ2) is 12.7. The number of rotatable bonds is 8. The smallest absolute Gasteiger partial charge is 0.416 e. The van der Waals surface area contributed by atoms with Crippen molar-refractivity contribution in [3.8, 4) is 11.5 Å². The van der Waals surface area contributed by atoms with Crippen LogP contribution in [0.5, 0.6) is 11.5 Å². The van der Waals surface area contributed by atoms with Gasteiger partial charge in [-0.2, -0.15) is 13.2 Å². The molecular weight excluding hydrogens is 545 g/mol. The fourth-order valence-electron chi connectivity index (χ4n) is 2.86. The molecule has 0 bridgehead atoms. The van der Waals surface area contributed by atoms with Gasteiger partial charge in [0, 0.05) is 18.7 Å². The van der Waals surface area contributed by atoms with Crippen LogP contribution < -0.4 is 20.1 Å². The van der Waals surface area contributed by atoms with Crippen LogP contribution in [0.25, 0.3) is 0 Å². The summed E-state index contributed by atoms with van der Waals surface area (Å²) in [7, 11) is 2.97. The van der Waals surface area contributed by atoms with E-state index in [4.69, 9.17) is 9.47 Å². The molecule has 6 nitrogen and oxygen atoms in total. The van der Waals surface area contributed by atoms with Gasteiger partial charge in [-0.1, -0.05) is 6.07 Å². The molecule has 0 fully saturated rings. The van der Waals surface area contributed by atoms with Gasteiger partial charge in [0.05, 0.1) is 32.4 Å². The maximum absolute atomic E-state index is 13.3. The number of nitrogens with zero attached hydrogens (tertiary/aromatic N) is 1. The molecule has 1 atom stereocenters. The summed E-state index contributed by atoms with van der Waals surface area (Å²) in [5, 5.41) is 16.3. The van der Waals surface area contributed by atoms with Crippen LogP contribution in [0.1, 0.15) is 29.7 Å². The highest BCUT2D eigenvalue weighted by Crippen LogP contribution is 2.33. The second-order valence-electron chi connectivity index (χ2n) is 6.50. The lowest BCUT2D eigenvalue weighted by Gasteiger charge is -2.18. The number of aliphatic hydroxyl groups excluding tert-OH is 1. The third-order valence-corrected chi connectivity index (χ3v) is 4.39. The van der Waals surface area contributed by atoms with Crippen LogP contribution in [0.3, 0.4) is 0 Å². The van der Waals surface area contributed by atoms with Crippen LogP contribution in [-0.2, 0) is 12.7 Å². The number of aliphatic imine (C=N–C) groups is 1. The average Bonchev–Trinajstić information content (AvgIpc) is 2.74. The number of guanidine groups is 1. The molecular formula is C21H26F4IN3O3. The summed E-state index contributed by atoms with van der Waals surface area (Å²) in [6.45, 7) is 1.91. The van der Waals surface area contributed by atoms with Crippen LogP contribution in [-0.4, -0.2) is 38.4 Å². The first-order valence-corrected chi connectivity index (χ1v) is 9.47. The van der Waals surface area contributed by atoms with Gasteiger partial charge in [-0.15, -0.1) is 24.0 Å². The maximum atomic E-state index is 13.3. The molecule has 0 aromatic heterocycles. The predicted octanol–water partition coefficient (Wildman–Crippen LogP) is 4.27. The summed E-state index contributed by atoms with van der Waals surface area (Å²) >= 11 is 0. The molecule has 1 unspecified atom stereocenters.